The molecule has 0 amide bonds. The molecule has 1 atom stereocenters. The first-order chi connectivity index (χ1) is 11.8. The summed E-state index contributed by atoms with van der Waals surface area (Å²) in [6.45, 7) is 0.874. The molecule has 3 rings (SSSR count). The molecule has 1 aliphatic rings. The number of imidazole rings is 1. The quantitative estimate of drug-likeness (QED) is 0.607. The number of fused-ring (bicyclic) bond motifs is 1. The van der Waals surface area contributed by atoms with E-state index in [0.717, 1.165) is 12.1 Å². The number of rotatable bonds is 5. The topological polar surface area (TPSA) is 79.4 Å². The van der Waals surface area contributed by atoms with E-state index in [1.165, 1.54) is 18.3 Å². The molecule has 2 heterocycles. The fourth-order valence-electron chi connectivity index (χ4n) is 2.43. The lowest BCUT2D eigenvalue weighted by molar-refractivity contribution is -0.389. The molecule has 7 nitrogen and oxygen atoms in total. The lowest BCUT2D eigenvalue weighted by Gasteiger charge is -2.21. The van der Waals surface area contributed by atoms with Crippen LogP contribution < -0.4 is 4.74 Å². The summed E-state index contributed by atoms with van der Waals surface area (Å²) in [5.41, 5.74) is -0.0961. The number of aromatic nitrogens is 2. The van der Waals surface area contributed by atoms with Crippen molar-refractivity contribution in [2.75, 3.05) is 6.61 Å². The van der Waals surface area contributed by atoms with Gasteiger partial charge in [0.1, 0.15) is 12.3 Å². The molecule has 10 heteroatoms. The molecule has 1 aromatic carbocycles. The number of halogens is 3. The summed E-state index contributed by atoms with van der Waals surface area (Å²) in [6.07, 6.45) is -2.77. The summed E-state index contributed by atoms with van der Waals surface area (Å²) in [5, 5.41) is 10.7. The zero-order valence-electron chi connectivity index (χ0n) is 12.9. The van der Waals surface area contributed by atoms with Crippen LogP contribution in [0.1, 0.15) is 17.5 Å². The van der Waals surface area contributed by atoms with Crippen LogP contribution >= 0.6 is 0 Å². The third-order valence-electron chi connectivity index (χ3n) is 3.73. The highest BCUT2D eigenvalue weighted by Crippen LogP contribution is 2.29. The average Bonchev–Trinajstić information content (AvgIpc) is 2.98. The summed E-state index contributed by atoms with van der Waals surface area (Å²) in [6, 6.07) is 4.90. The van der Waals surface area contributed by atoms with Crippen LogP contribution in [0.4, 0.5) is 19.0 Å². The van der Waals surface area contributed by atoms with Crippen LogP contribution in [0.15, 0.2) is 30.5 Å². The lowest BCUT2D eigenvalue weighted by Crippen LogP contribution is -2.30. The maximum absolute atomic E-state index is 12.5. The molecule has 0 saturated carbocycles. The van der Waals surface area contributed by atoms with Gasteiger partial charge in [0.15, 0.2) is 0 Å². The van der Waals surface area contributed by atoms with E-state index >= 15 is 0 Å². The third kappa shape index (κ3) is 4.08. The molecule has 0 bridgehead atoms. The first-order valence-electron chi connectivity index (χ1n) is 7.45. The normalized spacial score (nSPS) is 17.0. The van der Waals surface area contributed by atoms with Gasteiger partial charge in [-0.05, 0) is 22.6 Å². The van der Waals surface area contributed by atoms with Gasteiger partial charge in [-0.2, -0.15) is 13.2 Å². The number of alkyl halides is 3. The number of hydrogen-bond acceptors (Lipinski definition) is 5. The molecule has 0 fully saturated rings. The van der Waals surface area contributed by atoms with Gasteiger partial charge >= 0.3 is 18.0 Å². The summed E-state index contributed by atoms with van der Waals surface area (Å²) in [5.74, 6) is -0.277. The van der Waals surface area contributed by atoms with Crippen molar-refractivity contribution in [2.24, 2.45) is 0 Å². The number of benzene rings is 1. The van der Waals surface area contributed by atoms with E-state index in [-0.39, 0.29) is 31.1 Å². The zero-order valence-corrected chi connectivity index (χ0v) is 12.9. The van der Waals surface area contributed by atoms with E-state index in [1.807, 2.05) is 0 Å². The SMILES string of the molecule is O=[N+]([O-])c1cn2c(n1)O[C@@H](COCc1ccc(C(F)(F)F)cc1)CC2. The average molecular weight is 357 g/mol. The smallest absolute Gasteiger partial charge is 0.416 e. The highest BCUT2D eigenvalue weighted by molar-refractivity contribution is 5.24. The van der Waals surface area contributed by atoms with Gasteiger partial charge in [-0.15, -0.1) is 0 Å². The van der Waals surface area contributed by atoms with Crippen molar-refractivity contribution in [1.82, 2.24) is 9.55 Å². The van der Waals surface area contributed by atoms with Gasteiger partial charge in [0.05, 0.1) is 18.8 Å². The Labute approximate surface area is 140 Å². The minimum atomic E-state index is -4.36. The number of ether oxygens (including phenoxy) is 2. The summed E-state index contributed by atoms with van der Waals surface area (Å²) < 4.78 is 50.0. The van der Waals surface area contributed by atoms with Gasteiger partial charge in [0, 0.05) is 17.9 Å². The summed E-state index contributed by atoms with van der Waals surface area (Å²) in [7, 11) is 0. The number of aryl methyl sites for hydroxylation is 1. The molecule has 0 radical (unpaired) electrons. The Morgan fingerprint density at radius 1 is 1.36 bits per heavy atom. The van der Waals surface area contributed by atoms with Crippen LogP contribution in [0.3, 0.4) is 0 Å². The minimum Gasteiger partial charge on any atom is -0.440 e. The molecule has 1 aromatic heterocycles. The van der Waals surface area contributed by atoms with Crippen LogP contribution in [0, 0.1) is 10.1 Å². The largest absolute Gasteiger partial charge is 0.440 e. The van der Waals surface area contributed by atoms with E-state index in [2.05, 4.69) is 4.98 Å². The molecule has 0 spiro atoms. The monoisotopic (exact) mass is 357 g/mol. The van der Waals surface area contributed by atoms with Gasteiger partial charge in [-0.3, -0.25) is 4.57 Å². The van der Waals surface area contributed by atoms with Gasteiger partial charge < -0.3 is 19.6 Å². The minimum absolute atomic E-state index is 0.145. The van der Waals surface area contributed by atoms with Crippen molar-refractivity contribution < 1.29 is 27.6 Å². The Morgan fingerprint density at radius 2 is 2.08 bits per heavy atom. The highest BCUT2D eigenvalue weighted by Gasteiger charge is 2.30. The van der Waals surface area contributed by atoms with Crippen LogP contribution in [-0.2, 0) is 24.1 Å². The van der Waals surface area contributed by atoms with Crippen LogP contribution in [0.5, 0.6) is 6.01 Å². The van der Waals surface area contributed by atoms with Crippen LogP contribution in [-0.4, -0.2) is 27.2 Å². The predicted molar refractivity (Wildman–Crippen MR) is 79.0 cm³/mol. The van der Waals surface area contributed by atoms with Crippen molar-refractivity contribution in [3.8, 4) is 6.01 Å². The molecule has 2 aromatic rings. The first kappa shape index (κ1) is 17.2. The van der Waals surface area contributed by atoms with E-state index in [9.17, 15) is 23.3 Å². The van der Waals surface area contributed by atoms with Crippen LogP contribution in [0.25, 0.3) is 0 Å². The Balaban J connectivity index is 1.50. The molecule has 0 saturated heterocycles. The second-order valence-corrected chi connectivity index (χ2v) is 5.57. The molecule has 0 unspecified atom stereocenters. The Kier molecular flexibility index (Phi) is 4.62. The number of nitro groups is 1. The second-order valence-electron chi connectivity index (χ2n) is 5.57. The third-order valence-corrected chi connectivity index (χ3v) is 3.73. The lowest BCUT2D eigenvalue weighted by atomic mass is 10.1. The van der Waals surface area contributed by atoms with Gasteiger partial charge in [-0.25, -0.2) is 0 Å². The molecular formula is C15H14F3N3O4. The Hall–Kier alpha value is -2.62. The van der Waals surface area contributed by atoms with Crippen molar-refractivity contribution in [3.05, 3.63) is 51.7 Å². The first-order valence-corrected chi connectivity index (χ1v) is 7.45. The molecule has 134 valence electrons. The summed E-state index contributed by atoms with van der Waals surface area (Å²) in [4.78, 5) is 13.9. The fraction of sp³-hybridized carbons (Fsp3) is 0.400. The van der Waals surface area contributed by atoms with Crippen molar-refractivity contribution in [1.29, 1.82) is 0 Å². The maximum atomic E-state index is 12.5. The van der Waals surface area contributed by atoms with Gasteiger partial charge in [0.2, 0.25) is 0 Å². The fourth-order valence-corrected chi connectivity index (χ4v) is 2.43. The van der Waals surface area contributed by atoms with E-state index in [4.69, 9.17) is 9.47 Å². The molecular weight excluding hydrogens is 343 g/mol. The maximum Gasteiger partial charge on any atom is 0.416 e. The second kappa shape index (κ2) is 6.71. The molecule has 1 aliphatic heterocycles. The van der Waals surface area contributed by atoms with E-state index < -0.39 is 16.7 Å². The predicted octanol–water partition coefficient (Wildman–Crippen LogP) is 3.18. The summed E-state index contributed by atoms with van der Waals surface area (Å²) >= 11 is 0. The van der Waals surface area contributed by atoms with Crippen molar-refractivity contribution >= 4 is 5.82 Å². The zero-order chi connectivity index (χ0) is 18.0. The van der Waals surface area contributed by atoms with Gasteiger partial charge in [0.25, 0.3) is 0 Å². The Morgan fingerprint density at radius 3 is 2.72 bits per heavy atom. The molecule has 0 aliphatic carbocycles. The molecule has 25 heavy (non-hydrogen) atoms. The van der Waals surface area contributed by atoms with Crippen LogP contribution in [0.2, 0.25) is 0 Å². The molecule has 0 N–H and O–H groups in total. The van der Waals surface area contributed by atoms with E-state index in [1.54, 1.807) is 4.57 Å². The highest BCUT2D eigenvalue weighted by atomic mass is 19.4. The number of hydrogen-bond donors (Lipinski definition) is 0. The van der Waals surface area contributed by atoms with Gasteiger partial charge in [-0.1, -0.05) is 12.1 Å². The van der Waals surface area contributed by atoms with Crippen molar-refractivity contribution in [2.45, 2.75) is 31.9 Å². The Bertz CT molecular complexity index is 758. The standard InChI is InChI=1S/C15H14F3N3O4/c16-15(17,18)11-3-1-10(2-4-11)8-24-9-12-5-6-20-7-13(21(22)23)19-14(20)25-12/h1-4,7,12H,5-6,8-9H2/t12-/m1/s1. The number of nitrogens with zero attached hydrogens (tertiary/aromatic N) is 3. The van der Waals surface area contributed by atoms with Crippen molar-refractivity contribution in [3.63, 3.8) is 0 Å². The van der Waals surface area contributed by atoms with E-state index in [0.29, 0.717) is 18.5 Å².